The molecule has 0 unspecified atom stereocenters. The number of methoxy groups -OCH3 is 2. The molecule has 1 aliphatic heterocycles. The van der Waals surface area contributed by atoms with E-state index in [9.17, 15) is 4.79 Å². The lowest BCUT2D eigenvalue weighted by Crippen LogP contribution is -2.37. The first-order valence-electron chi connectivity index (χ1n) is 7.17. The van der Waals surface area contributed by atoms with Gasteiger partial charge in [0.2, 0.25) is 5.88 Å². The lowest BCUT2D eigenvalue weighted by Gasteiger charge is -2.28. The highest BCUT2D eigenvalue weighted by atomic mass is 16.5. The molecular weight excluding hydrogens is 280 g/mol. The number of amides is 1. The van der Waals surface area contributed by atoms with E-state index >= 15 is 0 Å². The van der Waals surface area contributed by atoms with Crippen LogP contribution < -0.4 is 9.47 Å². The Hall–Kier alpha value is -2.56. The number of carbonyl (C=O) groups is 1. The summed E-state index contributed by atoms with van der Waals surface area (Å²) in [6, 6.07) is 11.3. The van der Waals surface area contributed by atoms with Crippen molar-refractivity contribution < 1.29 is 14.3 Å². The zero-order valence-electron chi connectivity index (χ0n) is 12.7. The first-order chi connectivity index (χ1) is 10.7. The van der Waals surface area contributed by atoms with Crippen molar-refractivity contribution in [2.75, 3.05) is 20.8 Å². The molecule has 0 saturated heterocycles. The molecule has 1 aromatic carbocycles. The standard InChI is InChI=1S/C17H18N2O3/c1-21-13-5-3-12(4-6-13)11-19-10-9-15-14(17(19)20)7-8-16(18-15)22-2/h3-8H,9-11H2,1-2H3. The topological polar surface area (TPSA) is 51.7 Å². The summed E-state index contributed by atoms with van der Waals surface area (Å²) in [6.07, 6.45) is 0.744. The van der Waals surface area contributed by atoms with E-state index in [2.05, 4.69) is 4.98 Å². The number of hydrogen-bond acceptors (Lipinski definition) is 4. The fourth-order valence-corrected chi connectivity index (χ4v) is 2.60. The first-order valence-corrected chi connectivity index (χ1v) is 7.17. The van der Waals surface area contributed by atoms with Crippen molar-refractivity contribution in [3.8, 4) is 11.6 Å². The van der Waals surface area contributed by atoms with Crippen LogP contribution in [0.15, 0.2) is 36.4 Å². The Kier molecular flexibility index (Phi) is 3.96. The molecule has 0 radical (unpaired) electrons. The molecule has 0 N–H and O–H groups in total. The molecule has 0 bridgehead atoms. The van der Waals surface area contributed by atoms with Crippen LogP contribution in [-0.4, -0.2) is 36.6 Å². The molecule has 0 fully saturated rings. The van der Waals surface area contributed by atoms with Gasteiger partial charge in [-0.25, -0.2) is 4.98 Å². The summed E-state index contributed by atoms with van der Waals surface area (Å²) >= 11 is 0. The molecule has 0 spiro atoms. The number of ether oxygens (including phenoxy) is 2. The maximum Gasteiger partial charge on any atom is 0.256 e. The molecule has 5 heteroatoms. The summed E-state index contributed by atoms with van der Waals surface area (Å²) in [7, 11) is 3.22. The number of fused-ring (bicyclic) bond motifs is 1. The van der Waals surface area contributed by atoms with E-state index in [4.69, 9.17) is 9.47 Å². The van der Waals surface area contributed by atoms with Gasteiger partial charge in [0.1, 0.15) is 5.75 Å². The molecule has 3 rings (SSSR count). The summed E-state index contributed by atoms with van der Waals surface area (Å²) in [5.74, 6) is 1.39. The summed E-state index contributed by atoms with van der Waals surface area (Å²) in [5.41, 5.74) is 2.56. The van der Waals surface area contributed by atoms with Gasteiger partial charge in [-0.3, -0.25) is 4.79 Å². The average molecular weight is 298 g/mol. The maximum atomic E-state index is 12.6. The van der Waals surface area contributed by atoms with Crippen LogP contribution in [0, 0.1) is 0 Å². The van der Waals surface area contributed by atoms with E-state index < -0.39 is 0 Å². The maximum absolute atomic E-state index is 12.6. The van der Waals surface area contributed by atoms with Gasteiger partial charge in [0.05, 0.1) is 25.5 Å². The van der Waals surface area contributed by atoms with Gasteiger partial charge in [0, 0.05) is 25.6 Å². The van der Waals surface area contributed by atoms with Crippen LogP contribution in [0.2, 0.25) is 0 Å². The number of pyridine rings is 1. The highest BCUT2D eigenvalue weighted by molar-refractivity contribution is 5.96. The Morgan fingerprint density at radius 1 is 1.09 bits per heavy atom. The second kappa shape index (κ2) is 6.05. The van der Waals surface area contributed by atoms with Crippen LogP contribution >= 0.6 is 0 Å². The number of hydrogen-bond donors (Lipinski definition) is 0. The number of aromatic nitrogens is 1. The van der Waals surface area contributed by atoms with Crippen molar-refractivity contribution in [1.29, 1.82) is 0 Å². The van der Waals surface area contributed by atoms with Crippen LogP contribution in [0.25, 0.3) is 0 Å². The zero-order valence-corrected chi connectivity index (χ0v) is 12.7. The third kappa shape index (κ3) is 2.74. The molecular formula is C17H18N2O3. The van der Waals surface area contributed by atoms with Gasteiger partial charge >= 0.3 is 0 Å². The van der Waals surface area contributed by atoms with E-state index in [0.717, 1.165) is 23.4 Å². The van der Waals surface area contributed by atoms with Crippen molar-refractivity contribution in [3.05, 3.63) is 53.2 Å². The second-order valence-electron chi connectivity index (χ2n) is 5.17. The molecule has 0 atom stereocenters. The molecule has 114 valence electrons. The molecule has 2 heterocycles. The van der Waals surface area contributed by atoms with Crippen LogP contribution in [0.3, 0.4) is 0 Å². The molecule has 0 aliphatic carbocycles. The van der Waals surface area contributed by atoms with E-state index in [1.165, 1.54) is 0 Å². The second-order valence-corrected chi connectivity index (χ2v) is 5.17. The van der Waals surface area contributed by atoms with Gasteiger partial charge in [-0.1, -0.05) is 12.1 Å². The smallest absolute Gasteiger partial charge is 0.256 e. The molecule has 22 heavy (non-hydrogen) atoms. The first kappa shape index (κ1) is 14.4. The molecule has 0 saturated carbocycles. The minimum absolute atomic E-state index is 0.0206. The highest BCUT2D eigenvalue weighted by Crippen LogP contribution is 2.22. The molecule has 2 aromatic rings. The van der Waals surface area contributed by atoms with E-state index in [1.54, 1.807) is 26.4 Å². The fraction of sp³-hybridized carbons (Fsp3) is 0.294. The Bertz CT molecular complexity index is 683. The van der Waals surface area contributed by atoms with Crippen LogP contribution in [-0.2, 0) is 13.0 Å². The van der Waals surface area contributed by atoms with Gasteiger partial charge in [-0.05, 0) is 23.8 Å². The lowest BCUT2D eigenvalue weighted by molar-refractivity contribution is 0.0725. The minimum Gasteiger partial charge on any atom is -0.497 e. The molecule has 1 aliphatic rings. The lowest BCUT2D eigenvalue weighted by atomic mass is 10.0. The number of rotatable bonds is 4. The van der Waals surface area contributed by atoms with Crippen molar-refractivity contribution in [1.82, 2.24) is 9.88 Å². The Morgan fingerprint density at radius 2 is 1.86 bits per heavy atom. The predicted octanol–water partition coefficient (Wildman–Crippen LogP) is 2.30. The van der Waals surface area contributed by atoms with Gasteiger partial charge in [-0.2, -0.15) is 0 Å². The minimum atomic E-state index is 0.0206. The van der Waals surface area contributed by atoms with E-state index in [0.29, 0.717) is 24.5 Å². The van der Waals surface area contributed by atoms with Crippen LogP contribution in [0.1, 0.15) is 21.6 Å². The van der Waals surface area contributed by atoms with Crippen molar-refractivity contribution >= 4 is 5.91 Å². The summed E-state index contributed by atoms with van der Waals surface area (Å²) in [5, 5.41) is 0. The molecule has 1 aromatic heterocycles. The van der Waals surface area contributed by atoms with Gasteiger partial charge < -0.3 is 14.4 Å². The number of nitrogens with zero attached hydrogens (tertiary/aromatic N) is 2. The third-order valence-corrected chi connectivity index (χ3v) is 3.83. The monoisotopic (exact) mass is 298 g/mol. The summed E-state index contributed by atoms with van der Waals surface area (Å²) in [4.78, 5) is 18.8. The number of benzene rings is 1. The third-order valence-electron chi connectivity index (χ3n) is 3.83. The van der Waals surface area contributed by atoms with Crippen LogP contribution in [0.4, 0.5) is 0 Å². The van der Waals surface area contributed by atoms with Gasteiger partial charge in [0.25, 0.3) is 5.91 Å². The summed E-state index contributed by atoms with van der Waals surface area (Å²) in [6.45, 7) is 1.26. The van der Waals surface area contributed by atoms with Crippen LogP contribution in [0.5, 0.6) is 11.6 Å². The number of carbonyl (C=O) groups excluding carboxylic acids is 1. The van der Waals surface area contributed by atoms with Crippen molar-refractivity contribution in [3.63, 3.8) is 0 Å². The Morgan fingerprint density at radius 3 is 2.55 bits per heavy atom. The van der Waals surface area contributed by atoms with E-state index in [-0.39, 0.29) is 5.91 Å². The molecule has 1 amide bonds. The highest BCUT2D eigenvalue weighted by Gasteiger charge is 2.25. The van der Waals surface area contributed by atoms with Crippen molar-refractivity contribution in [2.45, 2.75) is 13.0 Å². The van der Waals surface area contributed by atoms with Gasteiger partial charge in [0.15, 0.2) is 0 Å². The molecule has 5 nitrogen and oxygen atoms in total. The Balaban J connectivity index is 1.77. The zero-order chi connectivity index (χ0) is 15.5. The quantitative estimate of drug-likeness (QED) is 0.869. The fourth-order valence-electron chi connectivity index (χ4n) is 2.60. The van der Waals surface area contributed by atoms with E-state index in [1.807, 2.05) is 29.2 Å². The predicted molar refractivity (Wildman–Crippen MR) is 82.2 cm³/mol. The summed E-state index contributed by atoms with van der Waals surface area (Å²) < 4.78 is 10.3. The normalized spacial score (nSPS) is 13.7. The Labute approximate surface area is 129 Å². The largest absolute Gasteiger partial charge is 0.497 e. The average Bonchev–Trinajstić information content (AvgIpc) is 2.57. The van der Waals surface area contributed by atoms with Gasteiger partial charge in [-0.15, -0.1) is 0 Å². The SMILES string of the molecule is COc1ccc(CN2CCc3nc(OC)ccc3C2=O)cc1. The van der Waals surface area contributed by atoms with Crippen molar-refractivity contribution in [2.24, 2.45) is 0 Å².